The predicted molar refractivity (Wildman–Crippen MR) is 307 cm³/mol. The van der Waals surface area contributed by atoms with Crippen molar-refractivity contribution in [2.45, 2.75) is 96.3 Å². The molecule has 9 aromatic rings. The van der Waals surface area contributed by atoms with Gasteiger partial charge in [-0.25, -0.2) is 10.0 Å². The van der Waals surface area contributed by atoms with Crippen molar-refractivity contribution in [2.75, 3.05) is 14.9 Å². The molecule has 0 saturated carbocycles. The second kappa shape index (κ2) is 21.4. The second-order valence-corrected chi connectivity index (χ2v) is 20.1. The van der Waals surface area contributed by atoms with Crippen molar-refractivity contribution in [1.29, 1.82) is 0 Å². The van der Waals surface area contributed by atoms with Crippen molar-refractivity contribution >= 4 is 39.8 Å². The number of anilines is 7. The highest BCUT2D eigenvalue weighted by molar-refractivity contribution is 5.87. The van der Waals surface area contributed by atoms with Crippen molar-refractivity contribution in [3.8, 4) is 33.4 Å². The summed E-state index contributed by atoms with van der Waals surface area (Å²) in [6.07, 6.45) is 14.7. The third kappa shape index (κ3) is 9.37. The first-order valence-corrected chi connectivity index (χ1v) is 26.8. The maximum atomic E-state index is 2.58. The van der Waals surface area contributed by atoms with Crippen LogP contribution in [-0.4, -0.2) is 0 Å². The molecule has 0 bridgehead atoms. The van der Waals surface area contributed by atoms with Crippen LogP contribution < -0.4 is 14.9 Å². The largest absolute Gasteiger partial charge is 0.311 e. The molecule has 0 radical (unpaired) electrons. The summed E-state index contributed by atoms with van der Waals surface area (Å²) in [6, 6.07) is 83.5. The van der Waals surface area contributed by atoms with Gasteiger partial charge in [0.2, 0.25) is 0 Å². The molecule has 0 atom stereocenters. The van der Waals surface area contributed by atoms with Gasteiger partial charge in [0, 0.05) is 22.5 Å². The van der Waals surface area contributed by atoms with Gasteiger partial charge in [0.1, 0.15) is 0 Å². The molecule has 2 aliphatic rings. The van der Waals surface area contributed by atoms with E-state index < -0.39 is 0 Å². The summed E-state index contributed by atoms with van der Waals surface area (Å²) in [7, 11) is 0. The molecule has 0 unspecified atom stereocenters. The number of hydrogen-bond acceptors (Lipinski definition) is 3. The lowest BCUT2D eigenvalue weighted by Gasteiger charge is -2.40. The minimum Gasteiger partial charge on any atom is -0.311 e. The molecule has 0 heterocycles. The molecule has 72 heavy (non-hydrogen) atoms. The van der Waals surface area contributed by atoms with Crippen LogP contribution in [0.4, 0.5) is 39.8 Å². The van der Waals surface area contributed by atoms with E-state index in [2.05, 4.69) is 253 Å². The molecule has 0 aliphatic heterocycles. The summed E-state index contributed by atoms with van der Waals surface area (Å²) in [6.45, 7) is 4.66. The van der Waals surface area contributed by atoms with Gasteiger partial charge in [-0.15, -0.1) is 0 Å². The minimum atomic E-state index is -0.0399. The van der Waals surface area contributed by atoms with Crippen molar-refractivity contribution in [3.05, 3.63) is 247 Å². The number of fused-ring (bicyclic) bond motifs is 4. The molecule has 0 saturated heterocycles. The molecule has 2 aliphatic carbocycles. The molecule has 11 rings (SSSR count). The number of unbranched alkanes of at least 4 members (excludes halogenated alkanes) is 6. The number of nitrogens with zero attached hydrogens (tertiary/aromatic N) is 3. The Morgan fingerprint density at radius 1 is 0.319 bits per heavy atom. The van der Waals surface area contributed by atoms with E-state index in [1.54, 1.807) is 0 Å². The molecule has 9 aromatic carbocycles. The van der Waals surface area contributed by atoms with Crippen LogP contribution in [0.25, 0.3) is 33.4 Å². The van der Waals surface area contributed by atoms with Crippen LogP contribution in [0.2, 0.25) is 0 Å². The average Bonchev–Trinajstić information content (AvgIpc) is 3.70. The van der Waals surface area contributed by atoms with Crippen LogP contribution in [-0.2, 0) is 18.3 Å². The molecule has 0 amide bonds. The van der Waals surface area contributed by atoms with Crippen molar-refractivity contribution in [3.63, 3.8) is 0 Å². The standard InChI is InChI=1S/C69H67N3/c1-3-5-7-20-47-69(48-21-8-6-4-2)67-32-19-18-31-65(67)66-46-45-64(51-68(66)69)71(61-28-16-11-17-29-61)72(63-30-22-23-55(50-63)57-36-34-54-33-35-56(54)49-57)62-43-39-53(40-44-62)52-37-41-60(42-38-52)70(58-24-12-9-13-25-58)59-26-14-10-15-27-59/h9-19,22-32,34,36-46,49-51H,3-8,20-21,33,35,47-48H2,1-2H3. The van der Waals surface area contributed by atoms with Gasteiger partial charge in [0.25, 0.3) is 0 Å². The van der Waals surface area contributed by atoms with Crippen LogP contribution in [0.3, 0.4) is 0 Å². The Bertz CT molecular complexity index is 3160. The quantitative estimate of drug-likeness (QED) is 0.0557. The lowest BCUT2D eigenvalue weighted by atomic mass is 9.70. The van der Waals surface area contributed by atoms with Crippen LogP contribution in [0.1, 0.15) is 100 Å². The number of rotatable bonds is 20. The molecular formula is C69H67N3. The monoisotopic (exact) mass is 938 g/mol. The number of benzene rings is 9. The molecule has 358 valence electrons. The fraction of sp³-hybridized carbons (Fsp3) is 0.217. The number of para-hydroxylation sites is 3. The Labute approximate surface area is 429 Å². The topological polar surface area (TPSA) is 9.72 Å². The zero-order valence-electron chi connectivity index (χ0n) is 42.2. The number of aryl methyl sites for hydroxylation is 2. The smallest absolute Gasteiger partial charge is 0.0643 e. The minimum absolute atomic E-state index is 0.0399. The van der Waals surface area contributed by atoms with Crippen LogP contribution in [0.15, 0.2) is 224 Å². The highest BCUT2D eigenvalue weighted by Crippen LogP contribution is 2.56. The van der Waals surface area contributed by atoms with E-state index in [4.69, 9.17) is 0 Å². The third-order valence-electron chi connectivity index (χ3n) is 15.5. The summed E-state index contributed by atoms with van der Waals surface area (Å²) in [5.74, 6) is 0. The van der Waals surface area contributed by atoms with E-state index in [-0.39, 0.29) is 5.41 Å². The van der Waals surface area contributed by atoms with Gasteiger partial charge < -0.3 is 4.90 Å². The van der Waals surface area contributed by atoms with Gasteiger partial charge in [-0.05, 0) is 166 Å². The highest BCUT2D eigenvalue weighted by Gasteiger charge is 2.42. The normalized spacial score (nSPS) is 12.9. The zero-order valence-corrected chi connectivity index (χ0v) is 42.2. The first-order valence-electron chi connectivity index (χ1n) is 26.8. The van der Waals surface area contributed by atoms with Gasteiger partial charge in [0.15, 0.2) is 0 Å². The van der Waals surface area contributed by atoms with E-state index in [9.17, 15) is 0 Å². The fourth-order valence-electron chi connectivity index (χ4n) is 11.7. The molecular weight excluding hydrogens is 871 g/mol. The summed E-state index contributed by atoms with van der Waals surface area (Å²) < 4.78 is 0. The van der Waals surface area contributed by atoms with E-state index in [0.29, 0.717) is 0 Å². The van der Waals surface area contributed by atoms with Crippen molar-refractivity contribution in [1.82, 2.24) is 0 Å². The number of hydrogen-bond donors (Lipinski definition) is 0. The SMILES string of the molecule is CCCCCCC1(CCCCCC)c2ccccc2-c2ccc(N(c3ccccc3)N(c3ccc(-c4ccc(N(c5ccccc5)c5ccccc5)cc4)cc3)c3cccc(-c4ccc5c(c4)CC5)c3)cc21. The summed E-state index contributed by atoms with van der Waals surface area (Å²) in [5, 5.41) is 4.93. The average molecular weight is 938 g/mol. The summed E-state index contributed by atoms with van der Waals surface area (Å²) >= 11 is 0. The lowest BCUT2D eigenvalue weighted by molar-refractivity contribution is 0.401. The Kier molecular flexibility index (Phi) is 13.9. The number of hydrazine groups is 1. The molecule has 3 heteroatoms. The zero-order chi connectivity index (χ0) is 48.7. The Balaban J connectivity index is 1.03. The molecule has 0 N–H and O–H groups in total. The fourth-order valence-corrected chi connectivity index (χ4v) is 11.7. The second-order valence-electron chi connectivity index (χ2n) is 20.1. The summed E-state index contributed by atoms with van der Waals surface area (Å²) in [5.41, 5.74) is 21.4. The van der Waals surface area contributed by atoms with Crippen LogP contribution in [0.5, 0.6) is 0 Å². The van der Waals surface area contributed by atoms with Crippen molar-refractivity contribution in [2.24, 2.45) is 0 Å². The molecule has 0 spiro atoms. The van der Waals surface area contributed by atoms with E-state index in [1.165, 1.54) is 126 Å². The van der Waals surface area contributed by atoms with Crippen LogP contribution in [0, 0.1) is 0 Å². The van der Waals surface area contributed by atoms with Gasteiger partial charge in [-0.1, -0.05) is 205 Å². The van der Waals surface area contributed by atoms with Gasteiger partial charge in [-0.3, -0.25) is 0 Å². The molecule has 0 aromatic heterocycles. The van der Waals surface area contributed by atoms with Gasteiger partial charge >= 0.3 is 0 Å². The molecule has 3 nitrogen and oxygen atoms in total. The molecule has 0 fully saturated rings. The Morgan fingerprint density at radius 2 is 0.778 bits per heavy atom. The van der Waals surface area contributed by atoms with Gasteiger partial charge in [-0.2, -0.15) is 0 Å². The van der Waals surface area contributed by atoms with E-state index in [1.807, 2.05) is 0 Å². The third-order valence-corrected chi connectivity index (χ3v) is 15.5. The maximum absolute atomic E-state index is 2.58. The highest BCUT2D eigenvalue weighted by atomic mass is 15.6. The van der Waals surface area contributed by atoms with E-state index >= 15 is 0 Å². The van der Waals surface area contributed by atoms with E-state index in [0.717, 1.165) is 46.2 Å². The van der Waals surface area contributed by atoms with Crippen LogP contribution >= 0.6 is 0 Å². The Hall–Kier alpha value is -7.62. The first kappa shape index (κ1) is 46.7. The van der Waals surface area contributed by atoms with Gasteiger partial charge in [0.05, 0.1) is 22.7 Å². The Morgan fingerprint density at radius 3 is 1.36 bits per heavy atom. The van der Waals surface area contributed by atoms with Crippen molar-refractivity contribution < 1.29 is 0 Å². The first-order chi connectivity index (χ1) is 35.6. The predicted octanol–water partition coefficient (Wildman–Crippen LogP) is 19.7. The maximum Gasteiger partial charge on any atom is 0.0643 e. The lowest BCUT2D eigenvalue weighted by Crippen LogP contribution is -2.36. The summed E-state index contributed by atoms with van der Waals surface area (Å²) in [4.78, 5) is 2.32.